The molecule has 2 rings (SSSR count). The first-order valence-electron chi connectivity index (χ1n) is 6.62. The van der Waals surface area contributed by atoms with Crippen LogP contribution < -0.4 is 11.2 Å². The molecule has 1 aliphatic rings. The highest BCUT2D eigenvalue weighted by Gasteiger charge is 2.37. The van der Waals surface area contributed by atoms with E-state index in [1.807, 2.05) is 13.8 Å². The van der Waals surface area contributed by atoms with Gasteiger partial charge in [-0.1, -0.05) is 0 Å². The molecule has 0 radical (unpaired) electrons. The van der Waals surface area contributed by atoms with Gasteiger partial charge in [-0.2, -0.15) is 0 Å². The number of nitrogens with zero attached hydrogens (tertiary/aromatic N) is 1. The lowest BCUT2D eigenvalue weighted by Gasteiger charge is -2.18. The van der Waals surface area contributed by atoms with Crippen molar-refractivity contribution in [2.75, 3.05) is 13.7 Å². The monoisotopic (exact) mass is 284 g/mol. The fourth-order valence-electron chi connectivity index (χ4n) is 2.21. The third kappa shape index (κ3) is 3.36. The molecule has 1 aromatic rings. The van der Waals surface area contributed by atoms with Gasteiger partial charge in [0.25, 0.3) is 5.56 Å². The molecule has 1 N–H and O–H groups in total. The molecule has 0 aliphatic carbocycles. The number of H-pyrrole nitrogens is 1. The molecule has 7 heteroatoms. The molecule has 112 valence electrons. The van der Waals surface area contributed by atoms with Crippen molar-refractivity contribution in [3.63, 3.8) is 0 Å². The summed E-state index contributed by atoms with van der Waals surface area (Å²) < 4.78 is 18.1. The molecule has 1 aromatic heterocycles. The lowest BCUT2D eigenvalue weighted by atomic mass is 10.2. The van der Waals surface area contributed by atoms with Crippen LogP contribution in [0.1, 0.15) is 26.5 Å². The van der Waals surface area contributed by atoms with Crippen molar-refractivity contribution in [1.29, 1.82) is 0 Å². The fraction of sp³-hybridized carbons (Fsp3) is 0.692. The standard InChI is InChI=1S/C13H20N2O5/c1-8(2)19-7-10-9(18-3)6-12(20-10)15-5-4-11(16)14-13(15)17/h4-5,8-10,12H,6-7H2,1-3H3,(H,14,16,17)/t9-,10+,12-/m0/s1. The number of ether oxygens (including phenoxy) is 3. The normalized spacial score (nSPS) is 26.3. The lowest BCUT2D eigenvalue weighted by molar-refractivity contribution is -0.0806. The number of aromatic amines is 1. The van der Waals surface area contributed by atoms with Crippen LogP contribution >= 0.6 is 0 Å². The molecule has 1 saturated heterocycles. The predicted molar refractivity (Wildman–Crippen MR) is 71.7 cm³/mol. The summed E-state index contributed by atoms with van der Waals surface area (Å²) in [6.45, 7) is 4.30. The van der Waals surface area contributed by atoms with E-state index in [0.717, 1.165) is 0 Å². The Labute approximate surface area is 116 Å². The van der Waals surface area contributed by atoms with E-state index in [1.165, 1.54) is 16.8 Å². The molecular weight excluding hydrogens is 264 g/mol. The smallest absolute Gasteiger partial charge is 0.330 e. The highest BCUT2D eigenvalue weighted by Crippen LogP contribution is 2.29. The Morgan fingerprint density at radius 1 is 1.50 bits per heavy atom. The Morgan fingerprint density at radius 2 is 2.25 bits per heavy atom. The quantitative estimate of drug-likeness (QED) is 0.839. The maximum Gasteiger partial charge on any atom is 0.330 e. The maximum absolute atomic E-state index is 11.8. The van der Waals surface area contributed by atoms with Gasteiger partial charge in [0.2, 0.25) is 0 Å². The molecule has 0 spiro atoms. The van der Waals surface area contributed by atoms with Gasteiger partial charge in [0.1, 0.15) is 12.3 Å². The van der Waals surface area contributed by atoms with Gasteiger partial charge in [-0.25, -0.2) is 4.79 Å². The largest absolute Gasteiger partial charge is 0.378 e. The highest BCUT2D eigenvalue weighted by molar-refractivity contribution is 4.88. The molecule has 0 bridgehead atoms. The summed E-state index contributed by atoms with van der Waals surface area (Å²) in [4.78, 5) is 25.0. The van der Waals surface area contributed by atoms with Gasteiger partial charge in [-0.05, 0) is 13.8 Å². The van der Waals surface area contributed by atoms with Crippen LogP contribution in [0.25, 0.3) is 0 Å². The van der Waals surface area contributed by atoms with Crippen LogP contribution in [0.4, 0.5) is 0 Å². The van der Waals surface area contributed by atoms with E-state index in [9.17, 15) is 9.59 Å². The van der Waals surface area contributed by atoms with Gasteiger partial charge in [0.05, 0.1) is 18.8 Å². The maximum atomic E-state index is 11.8. The molecule has 1 aliphatic heterocycles. The highest BCUT2D eigenvalue weighted by atomic mass is 16.6. The third-order valence-electron chi connectivity index (χ3n) is 3.24. The number of nitrogens with one attached hydrogen (secondary N) is 1. The van der Waals surface area contributed by atoms with Gasteiger partial charge < -0.3 is 14.2 Å². The number of hydrogen-bond acceptors (Lipinski definition) is 5. The van der Waals surface area contributed by atoms with Crippen molar-refractivity contribution >= 4 is 0 Å². The average molecular weight is 284 g/mol. The molecule has 2 heterocycles. The van der Waals surface area contributed by atoms with Crippen LogP contribution in [-0.4, -0.2) is 41.6 Å². The second-order valence-corrected chi connectivity index (χ2v) is 5.04. The zero-order valence-electron chi connectivity index (χ0n) is 11.9. The SMILES string of the molecule is CO[C@H]1C[C@@H](n2ccc(=O)[nH]c2=O)O[C@@H]1COC(C)C. The molecular formula is C13H20N2O5. The molecule has 0 amide bonds. The van der Waals surface area contributed by atoms with E-state index in [-0.39, 0.29) is 18.3 Å². The molecule has 0 unspecified atom stereocenters. The Morgan fingerprint density at radius 3 is 2.85 bits per heavy atom. The number of methoxy groups -OCH3 is 1. The van der Waals surface area contributed by atoms with E-state index in [2.05, 4.69) is 4.98 Å². The summed E-state index contributed by atoms with van der Waals surface area (Å²) in [7, 11) is 1.61. The van der Waals surface area contributed by atoms with E-state index in [4.69, 9.17) is 14.2 Å². The van der Waals surface area contributed by atoms with E-state index in [0.29, 0.717) is 13.0 Å². The number of aromatic nitrogens is 2. The molecule has 7 nitrogen and oxygen atoms in total. The first-order chi connectivity index (χ1) is 9.51. The first kappa shape index (κ1) is 15.0. The summed E-state index contributed by atoms with van der Waals surface area (Å²) in [6.07, 6.45) is 1.25. The van der Waals surface area contributed by atoms with Crippen LogP contribution in [0.3, 0.4) is 0 Å². The van der Waals surface area contributed by atoms with E-state index >= 15 is 0 Å². The molecule has 0 saturated carbocycles. The summed E-state index contributed by atoms with van der Waals surface area (Å²) in [5.74, 6) is 0. The predicted octanol–water partition coefficient (Wildman–Crippen LogP) is 0.264. The number of hydrogen-bond donors (Lipinski definition) is 1. The second kappa shape index (κ2) is 6.34. The second-order valence-electron chi connectivity index (χ2n) is 5.04. The Bertz CT molecular complexity index is 550. The van der Waals surface area contributed by atoms with Gasteiger partial charge in [0.15, 0.2) is 0 Å². The van der Waals surface area contributed by atoms with Crippen molar-refractivity contribution < 1.29 is 14.2 Å². The zero-order chi connectivity index (χ0) is 14.7. The summed E-state index contributed by atoms with van der Waals surface area (Å²) >= 11 is 0. The van der Waals surface area contributed by atoms with Crippen molar-refractivity contribution in [2.24, 2.45) is 0 Å². The topological polar surface area (TPSA) is 82.6 Å². The molecule has 0 aromatic carbocycles. The minimum absolute atomic E-state index is 0.103. The average Bonchev–Trinajstić information content (AvgIpc) is 2.79. The van der Waals surface area contributed by atoms with Crippen LogP contribution in [0.5, 0.6) is 0 Å². The van der Waals surface area contributed by atoms with Crippen molar-refractivity contribution in [3.8, 4) is 0 Å². The van der Waals surface area contributed by atoms with E-state index < -0.39 is 17.5 Å². The lowest BCUT2D eigenvalue weighted by Crippen LogP contribution is -2.32. The zero-order valence-corrected chi connectivity index (χ0v) is 11.9. The van der Waals surface area contributed by atoms with Gasteiger partial charge in [0, 0.05) is 25.8 Å². The fourth-order valence-corrected chi connectivity index (χ4v) is 2.21. The van der Waals surface area contributed by atoms with Gasteiger partial charge in [-0.3, -0.25) is 14.3 Å². The number of rotatable bonds is 5. The minimum Gasteiger partial charge on any atom is -0.378 e. The van der Waals surface area contributed by atoms with Crippen LogP contribution in [0.2, 0.25) is 0 Å². The third-order valence-corrected chi connectivity index (χ3v) is 3.24. The summed E-state index contributed by atoms with van der Waals surface area (Å²) in [5.41, 5.74) is -0.907. The van der Waals surface area contributed by atoms with E-state index in [1.54, 1.807) is 7.11 Å². The molecule has 1 fully saturated rings. The van der Waals surface area contributed by atoms with Gasteiger partial charge >= 0.3 is 5.69 Å². The molecule has 20 heavy (non-hydrogen) atoms. The Hall–Kier alpha value is -1.44. The van der Waals surface area contributed by atoms with Crippen LogP contribution in [0, 0.1) is 0 Å². The molecule has 3 atom stereocenters. The summed E-state index contributed by atoms with van der Waals surface area (Å²) in [6, 6.07) is 1.30. The van der Waals surface area contributed by atoms with Crippen LogP contribution in [-0.2, 0) is 14.2 Å². The Kier molecular flexibility index (Phi) is 4.74. The van der Waals surface area contributed by atoms with Crippen molar-refractivity contribution in [3.05, 3.63) is 33.1 Å². The van der Waals surface area contributed by atoms with Crippen LogP contribution in [0.15, 0.2) is 21.9 Å². The van der Waals surface area contributed by atoms with Gasteiger partial charge in [-0.15, -0.1) is 0 Å². The van der Waals surface area contributed by atoms with Crippen molar-refractivity contribution in [1.82, 2.24) is 9.55 Å². The minimum atomic E-state index is -0.484. The Balaban J connectivity index is 2.11. The van der Waals surface area contributed by atoms with Crippen molar-refractivity contribution in [2.45, 2.75) is 44.8 Å². The first-order valence-corrected chi connectivity index (χ1v) is 6.62. The summed E-state index contributed by atoms with van der Waals surface area (Å²) in [5, 5.41) is 0.